The zero-order valence-corrected chi connectivity index (χ0v) is 16.8. The average molecular weight is 401 g/mol. The second kappa shape index (κ2) is 8.96. The van der Waals surface area contributed by atoms with Crippen molar-refractivity contribution in [1.29, 1.82) is 0 Å². The molecule has 2 heterocycles. The van der Waals surface area contributed by atoms with Crippen LogP contribution in [-0.4, -0.2) is 27.5 Å². The van der Waals surface area contributed by atoms with Crippen LogP contribution in [0.5, 0.6) is 0 Å². The second-order valence-electron chi connectivity index (χ2n) is 5.66. The van der Waals surface area contributed by atoms with Crippen molar-refractivity contribution >= 4 is 34.9 Å². The molecule has 0 radical (unpaired) electrons. The van der Waals surface area contributed by atoms with Crippen molar-refractivity contribution in [2.75, 3.05) is 12.3 Å². The first-order valence-corrected chi connectivity index (χ1v) is 10.4. The monoisotopic (exact) mass is 400 g/mol. The van der Waals surface area contributed by atoms with Crippen molar-refractivity contribution in [2.45, 2.75) is 31.2 Å². The summed E-state index contributed by atoms with van der Waals surface area (Å²) in [7, 11) is 0. The molecule has 0 saturated heterocycles. The van der Waals surface area contributed by atoms with E-state index >= 15 is 0 Å². The van der Waals surface area contributed by atoms with E-state index in [1.807, 2.05) is 5.38 Å². The predicted octanol–water partition coefficient (Wildman–Crippen LogP) is 4.21. The first-order valence-electron chi connectivity index (χ1n) is 8.56. The van der Waals surface area contributed by atoms with Gasteiger partial charge in [-0.05, 0) is 18.9 Å². The van der Waals surface area contributed by atoms with Crippen LogP contribution in [0.1, 0.15) is 35.5 Å². The Morgan fingerprint density at radius 3 is 2.67 bits per heavy atom. The summed E-state index contributed by atoms with van der Waals surface area (Å²) in [5, 5.41) is 3.53. The van der Waals surface area contributed by atoms with Gasteiger partial charge in [0.05, 0.1) is 12.3 Å². The lowest BCUT2D eigenvalue weighted by atomic mass is 10.1. The average Bonchev–Trinajstić information content (AvgIpc) is 3.15. The molecule has 8 heteroatoms. The molecule has 0 aliphatic heterocycles. The fourth-order valence-corrected chi connectivity index (χ4v) is 3.99. The van der Waals surface area contributed by atoms with Gasteiger partial charge in [0.25, 0.3) is 0 Å². The summed E-state index contributed by atoms with van der Waals surface area (Å²) >= 11 is 3.04. The number of aromatic nitrogens is 3. The van der Waals surface area contributed by atoms with Gasteiger partial charge < -0.3 is 10.5 Å². The number of aryl methyl sites for hydroxylation is 1. The molecule has 3 aromatic rings. The van der Waals surface area contributed by atoms with Crippen molar-refractivity contribution < 1.29 is 9.53 Å². The molecule has 0 bridgehead atoms. The highest BCUT2D eigenvalue weighted by atomic mass is 32.2. The normalized spacial score (nSPS) is 10.7. The number of thioether (sulfide) groups is 1. The zero-order chi connectivity index (χ0) is 19.2. The largest absolute Gasteiger partial charge is 0.462 e. The van der Waals surface area contributed by atoms with Gasteiger partial charge in [-0.1, -0.05) is 43.0 Å². The Hall–Kier alpha value is -2.45. The summed E-state index contributed by atoms with van der Waals surface area (Å²) in [6.45, 7) is 4.16. The lowest BCUT2D eigenvalue weighted by Crippen LogP contribution is -2.10. The van der Waals surface area contributed by atoms with E-state index in [9.17, 15) is 4.79 Å². The maximum absolute atomic E-state index is 11.7. The third-order valence-electron chi connectivity index (χ3n) is 3.80. The van der Waals surface area contributed by atoms with Crippen molar-refractivity contribution in [3.63, 3.8) is 0 Å². The van der Waals surface area contributed by atoms with Crippen LogP contribution in [0.4, 0.5) is 5.82 Å². The molecule has 1 aromatic carbocycles. The van der Waals surface area contributed by atoms with E-state index < -0.39 is 5.97 Å². The molecular weight excluding hydrogens is 380 g/mol. The molecule has 6 nitrogen and oxygen atoms in total. The van der Waals surface area contributed by atoms with Gasteiger partial charge in [0.15, 0.2) is 5.16 Å². The highest BCUT2D eigenvalue weighted by molar-refractivity contribution is 7.98. The molecule has 0 aliphatic rings. The second-order valence-corrected chi connectivity index (χ2v) is 7.46. The first kappa shape index (κ1) is 19.3. The molecule has 2 aromatic heterocycles. The molecule has 2 N–H and O–H groups in total. The Labute approximate surface area is 166 Å². The minimum absolute atomic E-state index is 0.126. The van der Waals surface area contributed by atoms with E-state index in [0.717, 1.165) is 22.7 Å². The molecule has 0 spiro atoms. The summed E-state index contributed by atoms with van der Waals surface area (Å²) in [5.41, 5.74) is 9.42. The maximum Gasteiger partial charge on any atom is 0.343 e. The number of nitrogens with zero attached hydrogens (tertiary/aromatic N) is 3. The summed E-state index contributed by atoms with van der Waals surface area (Å²) in [6, 6.07) is 8.47. The molecule has 140 valence electrons. The van der Waals surface area contributed by atoms with E-state index in [2.05, 4.69) is 46.1 Å². The molecule has 0 amide bonds. The molecule has 3 rings (SSSR count). The van der Waals surface area contributed by atoms with Gasteiger partial charge >= 0.3 is 5.97 Å². The number of hydrogen-bond acceptors (Lipinski definition) is 8. The van der Waals surface area contributed by atoms with Crippen LogP contribution < -0.4 is 5.73 Å². The Balaban J connectivity index is 1.64. The molecule has 0 unspecified atom stereocenters. The summed E-state index contributed by atoms with van der Waals surface area (Å²) < 4.78 is 4.92. The van der Waals surface area contributed by atoms with Gasteiger partial charge in [-0.25, -0.2) is 19.7 Å². The number of thiazole rings is 1. The topological polar surface area (TPSA) is 91.0 Å². The van der Waals surface area contributed by atoms with Crippen molar-refractivity contribution in [2.24, 2.45) is 0 Å². The Bertz CT molecular complexity index is 926. The van der Waals surface area contributed by atoms with E-state index in [-0.39, 0.29) is 18.0 Å². The highest BCUT2D eigenvalue weighted by Gasteiger charge is 2.14. The lowest BCUT2D eigenvalue weighted by molar-refractivity contribution is 0.0526. The quantitative estimate of drug-likeness (QED) is 0.361. The number of rotatable bonds is 7. The summed E-state index contributed by atoms with van der Waals surface area (Å²) in [4.78, 5) is 24.8. The minimum atomic E-state index is -0.509. The molecule has 0 aliphatic carbocycles. The van der Waals surface area contributed by atoms with E-state index in [1.165, 1.54) is 23.5 Å². The van der Waals surface area contributed by atoms with Crippen LogP contribution in [-0.2, 0) is 16.9 Å². The number of carbonyl (C=O) groups is 1. The van der Waals surface area contributed by atoms with Crippen LogP contribution in [0, 0.1) is 0 Å². The van der Waals surface area contributed by atoms with Gasteiger partial charge in [-0.15, -0.1) is 11.3 Å². The number of anilines is 1. The summed E-state index contributed by atoms with van der Waals surface area (Å²) in [5.74, 6) is 0.243. The zero-order valence-electron chi connectivity index (χ0n) is 15.1. The van der Waals surface area contributed by atoms with Crippen LogP contribution >= 0.6 is 23.1 Å². The number of nitrogens with two attached hydrogens (primary N) is 1. The predicted molar refractivity (Wildman–Crippen MR) is 109 cm³/mol. The van der Waals surface area contributed by atoms with Crippen LogP contribution in [0.3, 0.4) is 0 Å². The Morgan fingerprint density at radius 2 is 2.00 bits per heavy atom. The van der Waals surface area contributed by atoms with Gasteiger partial charge in [-0.2, -0.15) is 0 Å². The smallest absolute Gasteiger partial charge is 0.343 e. The van der Waals surface area contributed by atoms with Gasteiger partial charge in [0, 0.05) is 22.9 Å². The van der Waals surface area contributed by atoms with Crippen LogP contribution in [0.25, 0.3) is 10.6 Å². The number of benzene rings is 1. The molecule has 0 saturated carbocycles. The summed E-state index contributed by atoms with van der Waals surface area (Å²) in [6.07, 6.45) is 2.43. The van der Waals surface area contributed by atoms with Crippen LogP contribution in [0.15, 0.2) is 41.0 Å². The van der Waals surface area contributed by atoms with Crippen molar-refractivity contribution in [3.05, 3.63) is 52.7 Å². The van der Waals surface area contributed by atoms with E-state index in [1.54, 1.807) is 18.3 Å². The molecule has 27 heavy (non-hydrogen) atoms. The van der Waals surface area contributed by atoms with Gasteiger partial charge in [0.2, 0.25) is 0 Å². The third kappa shape index (κ3) is 4.84. The fourth-order valence-electron chi connectivity index (χ4n) is 2.34. The van der Waals surface area contributed by atoms with E-state index in [4.69, 9.17) is 10.5 Å². The molecule has 0 atom stereocenters. The van der Waals surface area contributed by atoms with Crippen molar-refractivity contribution in [1.82, 2.24) is 15.0 Å². The van der Waals surface area contributed by atoms with Gasteiger partial charge in [-0.3, -0.25) is 0 Å². The third-order valence-corrected chi connectivity index (χ3v) is 5.64. The van der Waals surface area contributed by atoms with Gasteiger partial charge in [0.1, 0.15) is 16.4 Å². The number of ether oxygens (including phenoxy) is 1. The molecular formula is C19H20N4O2S2. The SMILES string of the molecule is CCOC(=O)c1cnc(SCc2csc(-c3ccc(CC)cc3)n2)nc1N. The lowest BCUT2D eigenvalue weighted by Gasteiger charge is -2.05. The van der Waals surface area contributed by atoms with E-state index in [0.29, 0.717) is 10.9 Å². The highest BCUT2D eigenvalue weighted by Crippen LogP contribution is 2.27. The van der Waals surface area contributed by atoms with Crippen LogP contribution in [0.2, 0.25) is 0 Å². The number of hydrogen-bond donors (Lipinski definition) is 1. The first-order chi connectivity index (χ1) is 13.1. The number of nitrogen functional groups attached to an aromatic ring is 1. The fraction of sp³-hybridized carbons (Fsp3) is 0.263. The number of carbonyl (C=O) groups excluding carboxylic acids is 1. The Kier molecular flexibility index (Phi) is 6.41. The number of esters is 1. The minimum Gasteiger partial charge on any atom is -0.462 e. The van der Waals surface area contributed by atoms with Crippen molar-refractivity contribution in [3.8, 4) is 10.6 Å². The maximum atomic E-state index is 11.7. The Morgan fingerprint density at radius 1 is 1.22 bits per heavy atom. The standard InChI is InChI=1S/C19H20N4O2S2/c1-3-12-5-7-13(8-6-12)17-22-14(10-26-17)11-27-19-21-9-15(16(20)23-19)18(24)25-4-2/h5-10H,3-4,11H2,1-2H3,(H2,20,21,23). The molecule has 0 fully saturated rings.